The smallest absolute Gasteiger partial charge is 0.246 e. The molecule has 7 nitrogen and oxygen atoms in total. The molecule has 0 bridgehead atoms. The molecule has 0 radical (unpaired) electrons. The quantitative estimate of drug-likeness (QED) is 0.623. The maximum atomic E-state index is 12.6. The fraction of sp³-hybridized carbons (Fsp3) is 0.636. The lowest BCUT2D eigenvalue weighted by molar-refractivity contribution is 0.300. The van der Waals surface area contributed by atoms with Gasteiger partial charge in [-0.05, 0) is 13.8 Å². The molecule has 19 heavy (non-hydrogen) atoms. The summed E-state index contributed by atoms with van der Waals surface area (Å²) in [6, 6.07) is 0. The van der Waals surface area contributed by atoms with Crippen LogP contribution in [0.4, 0.5) is 0 Å². The lowest BCUT2D eigenvalue weighted by Crippen LogP contribution is -2.43. The third-order valence-electron chi connectivity index (χ3n) is 3.45. The Morgan fingerprint density at radius 1 is 1.47 bits per heavy atom. The van der Waals surface area contributed by atoms with Crippen LogP contribution in [0.5, 0.6) is 0 Å². The zero-order chi connectivity index (χ0) is 14.2. The van der Waals surface area contributed by atoms with Crippen molar-refractivity contribution in [2.24, 2.45) is 11.1 Å². The lowest BCUT2D eigenvalue weighted by Gasteiger charge is -2.30. The molecule has 0 aliphatic carbocycles. The third-order valence-corrected chi connectivity index (χ3v) is 5.58. The van der Waals surface area contributed by atoms with Gasteiger partial charge in [-0.15, -0.1) is 0 Å². The summed E-state index contributed by atoms with van der Waals surface area (Å²) in [5, 5.41) is 18.7. The second-order valence-electron chi connectivity index (χ2n) is 4.87. The van der Waals surface area contributed by atoms with Crippen LogP contribution in [-0.2, 0) is 10.0 Å². The number of piperidine rings is 1. The van der Waals surface area contributed by atoms with Gasteiger partial charge in [0.25, 0.3) is 0 Å². The first-order valence-electron chi connectivity index (χ1n) is 6.10. The molecule has 1 fully saturated rings. The number of oxime groups is 1. The molecule has 2 N–H and O–H groups in total. The van der Waals surface area contributed by atoms with Crippen molar-refractivity contribution in [2.75, 3.05) is 13.1 Å². The predicted molar refractivity (Wildman–Crippen MR) is 69.8 cm³/mol. The number of hydrogen-bond donors (Lipinski definition) is 2. The first kappa shape index (κ1) is 14.0. The Bertz CT molecular complexity index is 586. The summed E-state index contributed by atoms with van der Waals surface area (Å²) in [5.74, 6) is -0.0824. The number of aromatic amines is 1. The van der Waals surface area contributed by atoms with E-state index < -0.39 is 10.0 Å². The third kappa shape index (κ3) is 2.37. The number of aromatic nitrogens is 2. The Morgan fingerprint density at radius 3 is 2.63 bits per heavy atom. The van der Waals surface area contributed by atoms with Crippen LogP contribution in [0.15, 0.2) is 10.1 Å². The second-order valence-corrected chi connectivity index (χ2v) is 6.74. The average molecular weight is 286 g/mol. The van der Waals surface area contributed by atoms with Gasteiger partial charge < -0.3 is 5.21 Å². The lowest BCUT2D eigenvalue weighted by atomic mass is 10.00. The van der Waals surface area contributed by atoms with Crippen LogP contribution < -0.4 is 0 Å². The minimum atomic E-state index is -3.54. The zero-order valence-corrected chi connectivity index (χ0v) is 12.0. The number of hydrogen-bond acceptors (Lipinski definition) is 5. The molecule has 8 heteroatoms. The van der Waals surface area contributed by atoms with Gasteiger partial charge in [-0.1, -0.05) is 12.1 Å². The van der Waals surface area contributed by atoms with E-state index in [2.05, 4.69) is 15.4 Å². The maximum Gasteiger partial charge on any atom is 0.246 e. The summed E-state index contributed by atoms with van der Waals surface area (Å²) in [6.07, 6.45) is 0.451. The van der Waals surface area contributed by atoms with Crippen molar-refractivity contribution >= 4 is 15.7 Å². The van der Waals surface area contributed by atoms with Crippen LogP contribution in [0.25, 0.3) is 0 Å². The topological polar surface area (TPSA) is 98.7 Å². The van der Waals surface area contributed by atoms with Gasteiger partial charge in [-0.3, -0.25) is 5.10 Å². The second kappa shape index (κ2) is 4.93. The Labute approximate surface area is 112 Å². The van der Waals surface area contributed by atoms with Gasteiger partial charge in [0.1, 0.15) is 4.90 Å². The van der Waals surface area contributed by atoms with Crippen LogP contribution in [-0.4, -0.2) is 46.9 Å². The molecule has 0 saturated carbocycles. The first-order chi connectivity index (χ1) is 8.87. The van der Waals surface area contributed by atoms with Crippen molar-refractivity contribution in [3.8, 4) is 0 Å². The maximum absolute atomic E-state index is 12.6. The van der Waals surface area contributed by atoms with Gasteiger partial charge in [-0.2, -0.15) is 9.40 Å². The number of nitrogens with one attached hydrogen (secondary N) is 1. The molecule has 1 saturated heterocycles. The number of aryl methyl sites for hydroxylation is 2. The molecular weight excluding hydrogens is 268 g/mol. The van der Waals surface area contributed by atoms with Crippen molar-refractivity contribution in [1.29, 1.82) is 0 Å². The highest BCUT2D eigenvalue weighted by atomic mass is 32.2. The van der Waals surface area contributed by atoms with Gasteiger partial charge in [-0.25, -0.2) is 8.42 Å². The molecule has 0 aromatic carbocycles. The van der Waals surface area contributed by atoms with Gasteiger partial charge in [0, 0.05) is 25.4 Å². The van der Waals surface area contributed by atoms with Gasteiger partial charge >= 0.3 is 0 Å². The number of rotatable bonds is 2. The fourth-order valence-corrected chi connectivity index (χ4v) is 4.27. The molecule has 1 aromatic rings. The van der Waals surface area contributed by atoms with Crippen LogP contribution >= 0.6 is 0 Å². The summed E-state index contributed by atoms with van der Waals surface area (Å²) in [7, 11) is -3.54. The monoisotopic (exact) mass is 286 g/mol. The molecule has 106 valence electrons. The van der Waals surface area contributed by atoms with E-state index in [1.165, 1.54) is 4.31 Å². The molecule has 0 spiro atoms. The SMILES string of the molecule is Cc1n[nH]c(C)c1S(=O)(=O)N1CCC(=NO)C(C)C1. The standard InChI is InChI=1S/C11H18N4O3S/c1-7-6-15(5-4-10(7)14-16)19(17,18)11-8(2)12-13-9(11)3/h7,16H,4-6H2,1-3H3,(H,12,13). The Kier molecular flexibility index (Phi) is 3.64. The number of H-pyrrole nitrogens is 1. The van der Waals surface area contributed by atoms with E-state index in [9.17, 15) is 8.42 Å². The highest BCUT2D eigenvalue weighted by molar-refractivity contribution is 7.89. The molecule has 1 aromatic heterocycles. The molecule has 2 heterocycles. The van der Waals surface area contributed by atoms with Gasteiger partial charge in [0.15, 0.2) is 0 Å². The van der Waals surface area contributed by atoms with Crippen LogP contribution in [0.2, 0.25) is 0 Å². The van der Waals surface area contributed by atoms with E-state index in [0.717, 1.165) is 0 Å². The normalized spacial score (nSPS) is 23.9. The minimum Gasteiger partial charge on any atom is -0.411 e. The van der Waals surface area contributed by atoms with Gasteiger partial charge in [0.2, 0.25) is 10.0 Å². The van der Waals surface area contributed by atoms with Crippen LogP contribution in [0, 0.1) is 19.8 Å². The van der Waals surface area contributed by atoms with Crippen LogP contribution in [0.1, 0.15) is 24.7 Å². The fourth-order valence-electron chi connectivity index (χ4n) is 2.40. The highest BCUT2D eigenvalue weighted by Gasteiger charge is 2.34. The molecule has 0 amide bonds. The summed E-state index contributed by atoms with van der Waals surface area (Å²) < 4.78 is 26.6. The molecular formula is C11H18N4O3S. The highest BCUT2D eigenvalue weighted by Crippen LogP contribution is 2.25. The van der Waals surface area contributed by atoms with Crippen molar-refractivity contribution in [2.45, 2.75) is 32.1 Å². The molecule has 1 atom stereocenters. The summed E-state index contributed by atoms with van der Waals surface area (Å²) in [5.41, 5.74) is 1.67. The zero-order valence-electron chi connectivity index (χ0n) is 11.2. The van der Waals surface area contributed by atoms with E-state index >= 15 is 0 Å². The minimum absolute atomic E-state index is 0.0824. The van der Waals surface area contributed by atoms with Crippen molar-refractivity contribution in [3.05, 3.63) is 11.4 Å². The average Bonchev–Trinajstić information content (AvgIpc) is 2.69. The van der Waals surface area contributed by atoms with Gasteiger partial charge in [0.05, 0.1) is 17.1 Å². The molecule has 1 aliphatic rings. The van der Waals surface area contributed by atoms with Crippen molar-refractivity contribution < 1.29 is 13.6 Å². The van der Waals surface area contributed by atoms with E-state index in [-0.39, 0.29) is 10.8 Å². The summed E-state index contributed by atoms with van der Waals surface area (Å²) >= 11 is 0. The largest absolute Gasteiger partial charge is 0.411 e. The molecule has 1 unspecified atom stereocenters. The Hall–Kier alpha value is -1.41. The van der Waals surface area contributed by atoms with Crippen LogP contribution in [0.3, 0.4) is 0 Å². The van der Waals surface area contributed by atoms with Crippen molar-refractivity contribution in [3.63, 3.8) is 0 Å². The number of sulfonamides is 1. The Morgan fingerprint density at radius 2 is 2.16 bits per heavy atom. The van der Waals surface area contributed by atoms with Crippen molar-refractivity contribution in [1.82, 2.24) is 14.5 Å². The van der Waals surface area contributed by atoms with E-state index in [1.807, 2.05) is 6.92 Å². The first-order valence-corrected chi connectivity index (χ1v) is 7.54. The van der Waals surface area contributed by atoms with E-state index in [4.69, 9.17) is 5.21 Å². The summed E-state index contributed by atoms with van der Waals surface area (Å²) in [4.78, 5) is 0.254. The molecule has 1 aliphatic heterocycles. The predicted octanol–water partition coefficient (Wildman–Crippen LogP) is 0.887. The van der Waals surface area contributed by atoms with E-state index in [1.54, 1.807) is 13.8 Å². The summed E-state index contributed by atoms with van der Waals surface area (Å²) in [6.45, 7) is 5.87. The number of nitrogens with zero attached hydrogens (tertiary/aromatic N) is 3. The Balaban J connectivity index is 2.32. The van der Waals surface area contributed by atoms with E-state index in [0.29, 0.717) is 36.6 Å². The molecule has 2 rings (SSSR count).